The van der Waals surface area contributed by atoms with Gasteiger partial charge in [0.2, 0.25) is 5.91 Å². The number of carboxylic acids is 1. The molecule has 0 rings (SSSR count). The molecule has 8 nitrogen and oxygen atoms in total. The Balaban J connectivity index is 3.18. The average molecular weight is 278 g/mol. The van der Waals surface area contributed by atoms with E-state index in [1.54, 1.807) is 0 Å². The van der Waals surface area contributed by atoms with Gasteiger partial charge in [-0.1, -0.05) is 0 Å². The molecule has 0 saturated carbocycles. The van der Waals surface area contributed by atoms with E-state index in [0.29, 0.717) is 39.5 Å². The quantitative estimate of drug-likeness (QED) is 0.354. The molecular formula is C11H22N2O6. The summed E-state index contributed by atoms with van der Waals surface area (Å²) in [7, 11) is 0. The maximum atomic E-state index is 11.2. The van der Waals surface area contributed by atoms with E-state index in [1.165, 1.54) is 0 Å². The van der Waals surface area contributed by atoms with Gasteiger partial charge in [-0.3, -0.25) is 9.59 Å². The first-order chi connectivity index (χ1) is 9.16. The Bertz CT molecular complexity index is 249. The van der Waals surface area contributed by atoms with Crippen LogP contribution in [0.15, 0.2) is 0 Å². The molecule has 0 aliphatic heterocycles. The first-order valence-corrected chi connectivity index (χ1v) is 6.08. The fraction of sp³-hybridized carbons (Fsp3) is 0.818. The van der Waals surface area contributed by atoms with Gasteiger partial charge in [0, 0.05) is 13.1 Å². The van der Waals surface area contributed by atoms with E-state index < -0.39 is 5.97 Å². The summed E-state index contributed by atoms with van der Waals surface area (Å²) in [6.45, 7) is 2.55. The number of carboxylic acid groups (broad SMARTS) is 1. The zero-order valence-corrected chi connectivity index (χ0v) is 10.9. The minimum absolute atomic E-state index is 0.0255. The lowest BCUT2D eigenvalue weighted by atomic mass is 10.5. The van der Waals surface area contributed by atoms with Crippen LogP contribution in [-0.4, -0.2) is 69.7 Å². The van der Waals surface area contributed by atoms with E-state index in [1.807, 2.05) is 0 Å². The third-order valence-corrected chi connectivity index (χ3v) is 1.90. The fourth-order valence-electron chi connectivity index (χ4n) is 1.04. The van der Waals surface area contributed by atoms with Crippen molar-refractivity contribution in [3.8, 4) is 0 Å². The van der Waals surface area contributed by atoms with E-state index in [9.17, 15) is 9.59 Å². The van der Waals surface area contributed by atoms with Gasteiger partial charge in [0.1, 0.15) is 6.61 Å². The second-order valence-corrected chi connectivity index (χ2v) is 3.56. The van der Waals surface area contributed by atoms with Gasteiger partial charge in [0.05, 0.1) is 39.5 Å². The molecular weight excluding hydrogens is 256 g/mol. The Hall–Kier alpha value is -1.22. The fourth-order valence-corrected chi connectivity index (χ4v) is 1.04. The highest BCUT2D eigenvalue weighted by Crippen LogP contribution is 1.83. The van der Waals surface area contributed by atoms with Crippen molar-refractivity contribution < 1.29 is 28.9 Å². The molecule has 0 fully saturated rings. The van der Waals surface area contributed by atoms with E-state index in [-0.39, 0.29) is 25.5 Å². The van der Waals surface area contributed by atoms with Gasteiger partial charge in [0.15, 0.2) is 0 Å². The maximum Gasteiger partial charge on any atom is 0.305 e. The molecule has 112 valence electrons. The number of carbonyl (C=O) groups is 2. The number of amides is 1. The summed E-state index contributed by atoms with van der Waals surface area (Å²) < 4.78 is 15.1. The lowest BCUT2D eigenvalue weighted by Crippen LogP contribution is -2.31. The second kappa shape index (κ2) is 13.2. The molecule has 0 atom stereocenters. The zero-order chi connectivity index (χ0) is 14.3. The molecule has 0 aromatic carbocycles. The van der Waals surface area contributed by atoms with Crippen molar-refractivity contribution in [2.75, 3.05) is 52.7 Å². The van der Waals surface area contributed by atoms with Crippen LogP contribution in [0.5, 0.6) is 0 Å². The third-order valence-electron chi connectivity index (χ3n) is 1.90. The largest absolute Gasteiger partial charge is 0.481 e. The predicted octanol–water partition coefficient (Wildman–Crippen LogP) is -1.41. The van der Waals surface area contributed by atoms with Gasteiger partial charge < -0.3 is 30.4 Å². The van der Waals surface area contributed by atoms with Crippen LogP contribution in [0.1, 0.15) is 6.42 Å². The highest BCUT2D eigenvalue weighted by atomic mass is 16.5. The van der Waals surface area contributed by atoms with Crippen LogP contribution < -0.4 is 11.1 Å². The van der Waals surface area contributed by atoms with Crippen LogP contribution >= 0.6 is 0 Å². The molecule has 0 unspecified atom stereocenters. The molecule has 4 N–H and O–H groups in total. The number of hydrogen-bond donors (Lipinski definition) is 3. The molecule has 0 heterocycles. The van der Waals surface area contributed by atoms with Crippen molar-refractivity contribution in [2.24, 2.45) is 5.73 Å². The molecule has 0 spiro atoms. The summed E-state index contributed by atoms with van der Waals surface area (Å²) in [5, 5.41) is 10.9. The average Bonchev–Trinajstić information content (AvgIpc) is 2.37. The van der Waals surface area contributed by atoms with Crippen molar-refractivity contribution >= 4 is 11.9 Å². The summed E-state index contributed by atoms with van der Waals surface area (Å²) in [6, 6.07) is 0. The monoisotopic (exact) mass is 278 g/mol. The normalized spacial score (nSPS) is 10.4. The number of hydrogen-bond acceptors (Lipinski definition) is 6. The molecule has 0 saturated heterocycles. The lowest BCUT2D eigenvalue weighted by molar-refractivity contribution is -0.139. The summed E-state index contributed by atoms with van der Waals surface area (Å²) in [6.07, 6.45) is -0.112. The molecule has 8 heteroatoms. The van der Waals surface area contributed by atoms with Gasteiger partial charge in [-0.25, -0.2) is 0 Å². The van der Waals surface area contributed by atoms with Gasteiger partial charge in [-0.05, 0) is 0 Å². The van der Waals surface area contributed by atoms with Crippen LogP contribution in [-0.2, 0) is 23.8 Å². The molecule has 19 heavy (non-hydrogen) atoms. The van der Waals surface area contributed by atoms with Crippen LogP contribution in [0.25, 0.3) is 0 Å². The minimum Gasteiger partial charge on any atom is -0.481 e. The highest BCUT2D eigenvalue weighted by molar-refractivity contribution is 5.77. The van der Waals surface area contributed by atoms with Gasteiger partial charge in [0.25, 0.3) is 0 Å². The number of aliphatic carboxylic acids is 1. The second-order valence-electron chi connectivity index (χ2n) is 3.56. The van der Waals surface area contributed by atoms with Crippen LogP contribution in [0.2, 0.25) is 0 Å². The molecule has 0 aromatic heterocycles. The van der Waals surface area contributed by atoms with Crippen LogP contribution in [0, 0.1) is 0 Å². The molecule has 0 aliphatic carbocycles. The lowest BCUT2D eigenvalue weighted by Gasteiger charge is -2.07. The summed E-state index contributed by atoms with van der Waals surface area (Å²) in [5.74, 6) is -1.25. The van der Waals surface area contributed by atoms with Gasteiger partial charge in [-0.15, -0.1) is 0 Å². The van der Waals surface area contributed by atoms with Crippen molar-refractivity contribution in [2.45, 2.75) is 6.42 Å². The standard InChI is InChI=1S/C11H22N2O6/c12-2-5-17-7-8-18-6-3-13-10(14)9-19-4-1-11(15)16/h1-9,12H2,(H,13,14)(H,15,16). The zero-order valence-electron chi connectivity index (χ0n) is 10.9. The number of nitrogens with two attached hydrogens (primary N) is 1. The summed E-state index contributed by atoms with van der Waals surface area (Å²) in [4.78, 5) is 21.4. The first-order valence-electron chi connectivity index (χ1n) is 6.08. The number of carbonyl (C=O) groups excluding carboxylic acids is 1. The van der Waals surface area contributed by atoms with Crippen molar-refractivity contribution in [3.05, 3.63) is 0 Å². The Morgan fingerprint density at radius 2 is 1.68 bits per heavy atom. The molecule has 0 aliphatic rings. The van der Waals surface area contributed by atoms with E-state index in [0.717, 1.165) is 0 Å². The maximum absolute atomic E-state index is 11.2. The molecule has 0 aromatic rings. The SMILES string of the molecule is NCCOCCOCCNC(=O)COCCC(=O)O. The van der Waals surface area contributed by atoms with E-state index >= 15 is 0 Å². The Labute approximate surface area is 112 Å². The smallest absolute Gasteiger partial charge is 0.305 e. The predicted molar refractivity (Wildman–Crippen MR) is 66.8 cm³/mol. The van der Waals surface area contributed by atoms with E-state index in [2.05, 4.69) is 5.32 Å². The van der Waals surface area contributed by atoms with E-state index in [4.69, 9.17) is 25.1 Å². The molecule has 1 amide bonds. The first kappa shape index (κ1) is 17.8. The van der Waals surface area contributed by atoms with Crippen molar-refractivity contribution in [3.63, 3.8) is 0 Å². The van der Waals surface area contributed by atoms with Crippen molar-refractivity contribution in [1.82, 2.24) is 5.32 Å². The van der Waals surface area contributed by atoms with Crippen LogP contribution in [0.4, 0.5) is 0 Å². The number of ether oxygens (including phenoxy) is 3. The Kier molecular flexibility index (Phi) is 12.4. The third kappa shape index (κ3) is 14.7. The summed E-state index contributed by atoms with van der Waals surface area (Å²) in [5.41, 5.74) is 5.23. The van der Waals surface area contributed by atoms with Crippen molar-refractivity contribution in [1.29, 1.82) is 0 Å². The number of nitrogens with one attached hydrogen (secondary N) is 1. The number of rotatable bonds is 13. The van der Waals surface area contributed by atoms with Gasteiger partial charge in [-0.2, -0.15) is 0 Å². The topological polar surface area (TPSA) is 120 Å². The molecule has 0 bridgehead atoms. The highest BCUT2D eigenvalue weighted by Gasteiger charge is 2.02. The van der Waals surface area contributed by atoms with Crippen LogP contribution in [0.3, 0.4) is 0 Å². The Morgan fingerprint density at radius 3 is 2.32 bits per heavy atom. The summed E-state index contributed by atoms with van der Waals surface area (Å²) >= 11 is 0. The molecule has 0 radical (unpaired) electrons. The van der Waals surface area contributed by atoms with Gasteiger partial charge >= 0.3 is 5.97 Å². The minimum atomic E-state index is -0.953. The Morgan fingerprint density at radius 1 is 1.00 bits per heavy atom.